The molecule has 0 saturated carbocycles. The maximum atomic E-state index is 12.7. The third-order valence-electron chi connectivity index (χ3n) is 5.83. The molecule has 1 aliphatic rings. The van der Waals surface area contributed by atoms with E-state index in [1.165, 1.54) is 0 Å². The number of rotatable bonds is 7. The molecule has 3 rings (SSSR count). The fourth-order valence-electron chi connectivity index (χ4n) is 4.01. The smallest absolute Gasteiger partial charge is 0.238 e. The van der Waals surface area contributed by atoms with E-state index in [0.717, 1.165) is 48.3 Å². The summed E-state index contributed by atoms with van der Waals surface area (Å²) in [6.45, 7) is 8.77. The van der Waals surface area contributed by atoms with Crippen LogP contribution < -0.4 is 10.6 Å². The Hall–Kier alpha value is -2.66. The number of nitrogens with zero attached hydrogens (tertiary/aromatic N) is 1. The van der Waals surface area contributed by atoms with Gasteiger partial charge in [0.25, 0.3) is 0 Å². The maximum absolute atomic E-state index is 12.7. The highest BCUT2D eigenvalue weighted by Crippen LogP contribution is 2.27. The van der Waals surface area contributed by atoms with Gasteiger partial charge in [0, 0.05) is 18.2 Å². The number of nitrogens with one attached hydrogen (secondary N) is 2. The van der Waals surface area contributed by atoms with Crippen LogP contribution in [0.25, 0.3) is 0 Å². The maximum Gasteiger partial charge on any atom is 0.238 e. The van der Waals surface area contributed by atoms with Gasteiger partial charge in [-0.05, 0) is 55.5 Å². The van der Waals surface area contributed by atoms with E-state index in [-0.39, 0.29) is 17.7 Å². The summed E-state index contributed by atoms with van der Waals surface area (Å²) in [5, 5.41) is 6.16. The molecule has 2 amide bonds. The average molecular weight is 408 g/mol. The minimum absolute atomic E-state index is 0.0122. The zero-order chi connectivity index (χ0) is 21.5. The zero-order valence-electron chi connectivity index (χ0n) is 18.3. The summed E-state index contributed by atoms with van der Waals surface area (Å²) in [7, 11) is 0. The summed E-state index contributed by atoms with van der Waals surface area (Å²) in [4.78, 5) is 27.3. The number of hydrogen-bond donors (Lipinski definition) is 2. The number of benzene rings is 2. The van der Waals surface area contributed by atoms with E-state index >= 15 is 0 Å². The fourth-order valence-corrected chi connectivity index (χ4v) is 4.01. The van der Waals surface area contributed by atoms with Gasteiger partial charge in [-0.15, -0.1) is 0 Å². The van der Waals surface area contributed by atoms with Crippen LogP contribution >= 0.6 is 0 Å². The van der Waals surface area contributed by atoms with E-state index in [2.05, 4.69) is 35.4 Å². The Morgan fingerprint density at radius 3 is 2.40 bits per heavy atom. The highest BCUT2D eigenvalue weighted by atomic mass is 16.2. The number of hydrogen-bond acceptors (Lipinski definition) is 3. The molecule has 2 aromatic carbocycles. The first-order chi connectivity index (χ1) is 14.4. The number of likely N-dealkylation sites (tertiary alicyclic amines) is 1. The second kappa shape index (κ2) is 10.4. The van der Waals surface area contributed by atoms with Crippen LogP contribution in [0.1, 0.15) is 49.3 Å². The van der Waals surface area contributed by atoms with Gasteiger partial charge >= 0.3 is 0 Å². The Balaban J connectivity index is 1.45. The van der Waals surface area contributed by atoms with Crippen molar-refractivity contribution in [2.45, 2.75) is 46.1 Å². The van der Waals surface area contributed by atoms with Gasteiger partial charge in [0.2, 0.25) is 11.8 Å². The van der Waals surface area contributed by atoms with Gasteiger partial charge in [-0.2, -0.15) is 0 Å². The van der Waals surface area contributed by atoms with Gasteiger partial charge in [0.1, 0.15) is 0 Å². The fraction of sp³-hybridized carbons (Fsp3) is 0.440. The Morgan fingerprint density at radius 2 is 1.73 bits per heavy atom. The van der Waals surface area contributed by atoms with Gasteiger partial charge in [0.15, 0.2) is 0 Å². The lowest BCUT2D eigenvalue weighted by molar-refractivity contribution is -0.126. The van der Waals surface area contributed by atoms with Crippen molar-refractivity contribution >= 4 is 17.5 Å². The van der Waals surface area contributed by atoms with Crippen molar-refractivity contribution < 1.29 is 9.59 Å². The molecular weight excluding hydrogens is 374 g/mol. The van der Waals surface area contributed by atoms with Crippen molar-refractivity contribution in [2.75, 3.05) is 25.0 Å². The first kappa shape index (κ1) is 22.0. The number of aryl methyl sites for hydroxylation is 1. The number of carbonyl (C=O) groups is 2. The Bertz CT molecular complexity index is 856. The normalized spacial score (nSPS) is 15.2. The van der Waals surface area contributed by atoms with E-state index in [1.54, 1.807) is 0 Å². The van der Waals surface area contributed by atoms with Gasteiger partial charge in [-0.25, -0.2) is 0 Å². The minimum Gasteiger partial charge on any atom is -0.352 e. The third-order valence-corrected chi connectivity index (χ3v) is 5.83. The van der Waals surface area contributed by atoms with Crippen LogP contribution in [0.2, 0.25) is 0 Å². The summed E-state index contributed by atoms with van der Waals surface area (Å²) in [5.41, 5.74) is 4.30. The van der Waals surface area contributed by atoms with Gasteiger partial charge in [-0.3, -0.25) is 14.5 Å². The van der Waals surface area contributed by atoms with Crippen LogP contribution in [0.5, 0.6) is 0 Å². The van der Waals surface area contributed by atoms with E-state index in [9.17, 15) is 9.59 Å². The molecule has 1 heterocycles. The number of piperidine rings is 1. The number of carbonyl (C=O) groups excluding carboxylic acids is 2. The van der Waals surface area contributed by atoms with Crippen molar-refractivity contribution in [3.63, 3.8) is 0 Å². The van der Waals surface area contributed by atoms with Gasteiger partial charge in [0.05, 0.1) is 6.54 Å². The lowest BCUT2D eigenvalue weighted by Gasteiger charge is -2.31. The number of anilines is 1. The summed E-state index contributed by atoms with van der Waals surface area (Å²) in [5.74, 6) is 0.505. The minimum atomic E-state index is 0.0122. The highest BCUT2D eigenvalue weighted by Gasteiger charge is 2.26. The van der Waals surface area contributed by atoms with Crippen molar-refractivity contribution in [3.8, 4) is 0 Å². The van der Waals surface area contributed by atoms with Gasteiger partial charge in [-0.1, -0.05) is 62.4 Å². The predicted molar refractivity (Wildman–Crippen MR) is 121 cm³/mol. The largest absolute Gasteiger partial charge is 0.352 e. The van der Waals surface area contributed by atoms with Crippen LogP contribution in [-0.2, 0) is 16.1 Å². The SMILES string of the molecule is Cc1cccc(C(C)C)c1NC(=O)CN1CCC(C(=O)NCc2ccccc2)CC1. The molecule has 0 radical (unpaired) electrons. The van der Waals surface area contributed by atoms with Crippen LogP contribution in [0.4, 0.5) is 5.69 Å². The zero-order valence-corrected chi connectivity index (χ0v) is 18.3. The molecule has 2 aromatic rings. The molecule has 5 heteroatoms. The van der Waals surface area contributed by atoms with Crippen LogP contribution in [0.15, 0.2) is 48.5 Å². The van der Waals surface area contributed by atoms with Crippen molar-refractivity contribution in [3.05, 3.63) is 65.2 Å². The molecule has 30 heavy (non-hydrogen) atoms. The first-order valence-corrected chi connectivity index (χ1v) is 10.9. The lowest BCUT2D eigenvalue weighted by Crippen LogP contribution is -2.43. The number of para-hydroxylation sites is 1. The Labute approximate surface area is 179 Å². The molecule has 0 atom stereocenters. The standard InChI is InChI=1S/C25H33N3O2/c1-18(2)22-11-7-8-19(3)24(22)27-23(29)17-28-14-12-21(13-15-28)25(30)26-16-20-9-5-4-6-10-20/h4-11,18,21H,12-17H2,1-3H3,(H,26,30)(H,27,29). The summed E-state index contributed by atoms with van der Waals surface area (Å²) in [6.07, 6.45) is 1.57. The molecule has 2 N–H and O–H groups in total. The van der Waals surface area contributed by atoms with Crippen molar-refractivity contribution in [1.82, 2.24) is 10.2 Å². The van der Waals surface area contributed by atoms with Crippen molar-refractivity contribution in [1.29, 1.82) is 0 Å². The highest BCUT2D eigenvalue weighted by molar-refractivity contribution is 5.94. The first-order valence-electron chi connectivity index (χ1n) is 10.9. The molecule has 1 saturated heterocycles. The molecule has 0 aliphatic carbocycles. The van der Waals surface area contributed by atoms with Crippen LogP contribution in [0, 0.1) is 12.8 Å². The van der Waals surface area contributed by atoms with Gasteiger partial charge < -0.3 is 10.6 Å². The van der Waals surface area contributed by atoms with Crippen LogP contribution in [-0.4, -0.2) is 36.3 Å². The molecule has 1 aliphatic heterocycles. The predicted octanol–water partition coefficient (Wildman–Crippen LogP) is 4.09. The monoisotopic (exact) mass is 407 g/mol. The number of amides is 2. The van der Waals surface area contributed by atoms with E-state index in [0.29, 0.717) is 19.0 Å². The molecule has 0 bridgehead atoms. The Morgan fingerprint density at radius 1 is 1.03 bits per heavy atom. The molecule has 0 spiro atoms. The van der Waals surface area contributed by atoms with E-state index < -0.39 is 0 Å². The molecule has 1 fully saturated rings. The van der Waals surface area contributed by atoms with Crippen LogP contribution in [0.3, 0.4) is 0 Å². The summed E-state index contributed by atoms with van der Waals surface area (Å²) >= 11 is 0. The topological polar surface area (TPSA) is 61.4 Å². The lowest BCUT2D eigenvalue weighted by atomic mass is 9.95. The molecule has 5 nitrogen and oxygen atoms in total. The third kappa shape index (κ3) is 5.92. The van der Waals surface area contributed by atoms with E-state index in [4.69, 9.17) is 0 Å². The molecule has 0 aromatic heterocycles. The second-order valence-corrected chi connectivity index (χ2v) is 8.50. The second-order valence-electron chi connectivity index (χ2n) is 8.50. The summed E-state index contributed by atoms with van der Waals surface area (Å²) in [6, 6.07) is 16.1. The average Bonchev–Trinajstić information content (AvgIpc) is 2.74. The molecular formula is C25H33N3O2. The molecule has 160 valence electrons. The van der Waals surface area contributed by atoms with E-state index in [1.807, 2.05) is 49.4 Å². The quantitative estimate of drug-likeness (QED) is 0.727. The summed E-state index contributed by atoms with van der Waals surface area (Å²) < 4.78 is 0. The Kier molecular flexibility index (Phi) is 7.63. The van der Waals surface area contributed by atoms with Crippen molar-refractivity contribution in [2.24, 2.45) is 5.92 Å². The molecule has 0 unspecified atom stereocenters.